The van der Waals surface area contributed by atoms with E-state index in [9.17, 15) is 4.79 Å². The van der Waals surface area contributed by atoms with Crippen LogP contribution in [-0.4, -0.2) is 39.2 Å². The number of nitrogens with one attached hydrogen (secondary N) is 1. The Morgan fingerprint density at radius 3 is 2.96 bits per heavy atom. The lowest BCUT2D eigenvalue weighted by Gasteiger charge is -2.11. The zero-order valence-corrected chi connectivity index (χ0v) is 15.7. The van der Waals surface area contributed by atoms with Crippen LogP contribution in [0, 0.1) is 0 Å². The van der Waals surface area contributed by atoms with Crippen molar-refractivity contribution in [1.29, 1.82) is 0 Å². The van der Waals surface area contributed by atoms with Gasteiger partial charge in [0.2, 0.25) is 0 Å². The van der Waals surface area contributed by atoms with Gasteiger partial charge in [-0.1, -0.05) is 0 Å². The van der Waals surface area contributed by atoms with Gasteiger partial charge in [0.1, 0.15) is 5.01 Å². The molecule has 2 aromatic heterocycles. The number of aryl methyl sites for hydroxylation is 3. The molecule has 3 heterocycles. The van der Waals surface area contributed by atoms with Gasteiger partial charge in [-0.2, -0.15) is 5.10 Å². The van der Waals surface area contributed by atoms with Gasteiger partial charge >= 0.3 is 0 Å². The van der Waals surface area contributed by atoms with E-state index in [-0.39, 0.29) is 11.9 Å². The minimum atomic E-state index is -0.108. The van der Waals surface area contributed by atoms with Gasteiger partial charge in [-0.05, 0) is 52.1 Å². The Morgan fingerprint density at radius 2 is 2.12 bits per heavy atom. The van der Waals surface area contributed by atoms with Gasteiger partial charge < -0.3 is 10.2 Å². The summed E-state index contributed by atoms with van der Waals surface area (Å²) >= 11 is 1.75. The van der Waals surface area contributed by atoms with E-state index in [0.717, 1.165) is 49.6 Å². The van der Waals surface area contributed by atoms with Gasteiger partial charge in [0.25, 0.3) is 5.91 Å². The maximum atomic E-state index is 12.6. The fraction of sp³-hybridized carbons (Fsp3) is 0.611. The molecule has 1 unspecified atom stereocenters. The van der Waals surface area contributed by atoms with Gasteiger partial charge in [-0.3, -0.25) is 9.48 Å². The van der Waals surface area contributed by atoms with Crippen molar-refractivity contribution in [3.63, 3.8) is 0 Å². The van der Waals surface area contributed by atoms with Gasteiger partial charge in [-0.15, -0.1) is 11.3 Å². The molecule has 0 bridgehead atoms. The first-order valence-corrected chi connectivity index (χ1v) is 9.96. The maximum Gasteiger partial charge on any atom is 0.272 e. The summed E-state index contributed by atoms with van der Waals surface area (Å²) in [7, 11) is 2.11. The Labute approximate surface area is 152 Å². The van der Waals surface area contributed by atoms with Crippen LogP contribution in [0.25, 0.3) is 0 Å². The number of rotatable bonds is 3. The minimum absolute atomic E-state index is 0.0766. The zero-order valence-electron chi connectivity index (χ0n) is 14.9. The fourth-order valence-corrected chi connectivity index (χ4v) is 4.78. The standard InChI is InChI=1S/C18H25N5OS/c1-12(18-20-14-6-3-4-7-16(14)25-18)19-17(24)15-10-13-11-22(2)8-5-9-23(13)21-15/h10,12H,3-9,11H2,1-2H3,(H,19,24). The highest BCUT2D eigenvalue weighted by molar-refractivity contribution is 7.11. The van der Waals surface area contributed by atoms with Crippen molar-refractivity contribution in [2.75, 3.05) is 13.6 Å². The van der Waals surface area contributed by atoms with E-state index in [0.29, 0.717) is 5.69 Å². The van der Waals surface area contributed by atoms with Crippen LogP contribution in [0.5, 0.6) is 0 Å². The minimum Gasteiger partial charge on any atom is -0.342 e. The topological polar surface area (TPSA) is 63.1 Å². The number of carbonyl (C=O) groups is 1. The smallest absolute Gasteiger partial charge is 0.272 e. The Kier molecular flexibility index (Phi) is 4.60. The van der Waals surface area contributed by atoms with Crippen LogP contribution in [0.4, 0.5) is 0 Å². The van der Waals surface area contributed by atoms with Crippen LogP contribution in [0.3, 0.4) is 0 Å². The van der Waals surface area contributed by atoms with E-state index in [4.69, 9.17) is 4.98 Å². The molecule has 4 rings (SSSR count). The summed E-state index contributed by atoms with van der Waals surface area (Å²) in [6, 6.07) is 1.85. The normalized spacial score (nSPS) is 19.0. The molecule has 2 aliphatic rings. The highest BCUT2D eigenvalue weighted by Gasteiger charge is 2.22. The first kappa shape index (κ1) is 16.7. The quantitative estimate of drug-likeness (QED) is 0.915. The Morgan fingerprint density at radius 1 is 1.28 bits per heavy atom. The number of amides is 1. The lowest BCUT2D eigenvalue weighted by Crippen LogP contribution is -2.27. The summed E-state index contributed by atoms with van der Waals surface area (Å²) in [5.41, 5.74) is 2.87. The van der Waals surface area contributed by atoms with E-state index in [1.54, 1.807) is 11.3 Å². The molecule has 134 valence electrons. The molecule has 0 spiro atoms. The van der Waals surface area contributed by atoms with Crippen molar-refractivity contribution in [2.24, 2.45) is 0 Å². The largest absolute Gasteiger partial charge is 0.342 e. The molecule has 2 aromatic rings. The fourth-order valence-electron chi connectivity index (χ4n) is 3.62. The molecule has 0 radical (unpaired) electrons. The van der Waals surface area contributed by atoms with Gasteiger partial charge in [-0.25, -0.2) is 4.98 Å². The molecule has 1 aliphatic carbocycles. The summed E-state index contributed by atoms with van der Waals surface area (Å²) in [6.07, 6.45) is 5.76. The average molecular weight is 359 g/mol. The number of carbonyl (C=O) groups excluding carboxylic acids is 1. The van der Waals surface area contributed by atoms with E-state index < -0.39 is 0 Å². The number of aromatic nitrogens is 3. The summed E-state index contributed by atoms with van der Waals surface area (Å²) in [5, 5.41) is 8.61. The molecule has 6 nitrogen and oxygen atoms in total. The van der Waals surface area contributed by atoms with E-state index in [2.05, 4.69) is 22.4 Å². The van der Waals surface area contributed by atoms with Crippen molar-refractivity contribution in [1.82, 2.24) is 25.0 Å². The Bertz CT molecular complexity index is 757. The summed E-state index contributed by atoms with van der Waals surface area (Å²) in [6.45, 7) is 4.80. The molecular formula is C18H25N5OS. The Balaban J connectivity index is 1.46. The lowest BCUT2D eigenvalue weighted by atomic mass is 10.0. The van der Waals surface area contributed by atoms with Crippen molar-refractivity contribution in [3.8, 4) is 0 Å². The molecule has 7 heteroatoms. The second-order valence-corrected chi connectivity index (χ2v) is 8.27. The van der Waals surface area contributed by atoms with Crippen LogP contribution in [0.1, 0.15) is 64.0 Å². The molecule has 1 N–H and O–H groups in total. The lowest BCUT2D eigenvalue weighted by molar-refractivity contribution is 0.0934. The summed E-state index contributed by atoms with van der Waals surface area (Å²) in [5.74, 6) is -0.108. The second kappa shape index (κ2) is 6.88. The first-order chi connectivity index (χ1) is 12.1. The number of nitrogens with zero attached hydrogens (tertiary/aromatic N) is 4. The number of thiazole rings is 1. The van der Waals surface area contributed by atoms with Gasteiger partial charge in [0, 0.05) is 24.5 Å². The van der Waals surface area contributed by atoms with E-state index >= 15 is 0 Å². The van der Waals surface area contributed by atoms with Crippen LogP contribution in [0.15, 0.2) is 6.07 Å². The third kappa shape index (κ3) is 3.48. The Hall–Kier alpha value is -1.73. The highest BCUT2D eigenvalue weighted by Crippen LogP contribution is 2.29. The van der Waals surface area contributed by atoms with Gasteiger partial charge in [0.15, 0.2) is 5.69 Å². The third-order valence-corrected chi connectivity index (χ3v) is 6.36. The predicted molar refractivity (Wildman–Crippen MR) is 97.8 cm³/mol. The van der Waals surface area contributed by atoms with Crippen LogP contribution < -0.4 is 5.32 Å². The van der Waals surface area contributed by atoms with Crippen molar-refractivity contribution in [3.05, 3.63) is 33.0 Å². The molecular weight excluding hydrogens is 334 g/mol. The summed E-state index contributed by atoms with van der Waals surface area (Å²) in [4.78, 5) is 21.1. The van der Waals surface area contributed by atoms with Gasteiger partial charge in [0.05, 0.1) is 17.4 Å². The number of hydrogen-bond donors (Lipinski definition) is 1. The van der Waals surface area contributed by atoms with Crippen LogP contribution >= 0.6 is 11.3 Å². The SMILES string of the molecule is CC(NC(=O)c1cc2n(n1)CCCN(C)C2)c1nc2c(s1)CCCC2. The maximum absolute atomic E-state index is 12.6. The number of fused-ring (bicyclic) bond motifs is 2. The summed E-state index contributed by atoms with van der Waals surface area (Å²) < 4.78 is 1.98. The molecule has 1 atom stereocenters. The first-order valence-electron chi connectivity index (χ1n) is 9.15. The third-order valence-electron chi connectivity index (χ3n) is 5.02. The van der Waals surface area contributed by atoms with E-state index in [1.165, 1.54) is 23.4 Å². The molecule has 0 saturated carbocycles. The average Bonchev–Trinajstić information content (AvgIpc) is 3.15. The van der Waals surface area contributed by atoms with Crippen molar-refractivity contribution in [2.45, 2.75) is 58.2 Å². The molecule has 0 saturated heterocycles. The highest BCUT2D eigenvalue weighted by atomic mass is 32.1. The van der Waals surface area contributed by atoms with Crippen LogP contribution in [-0.2, 0) is 25.9 Å². The second-order valence-electron chi connectivity index (χ2n) is 7.16. The predicted octanol–water partition coefficient (Wildman–Crippen LogP) is 2.54. The van der Waals surface area contributed by atoms with Crippen molar-refractivity contribution < 1.29 is 4.79 Å². The molecule has 1 aliphatic heterocycles. The van der Waals surface area contributed by atoms with E-state index in [1.807, 2.05) is 17.7 Å². The number of hydrogen-bond acceptors (Lipinski definition) is 5. The molecule has 0 fully saturated rings. The molecule has 1 amide bonds. The zero-order chi connectivity index (χ0) is 17.4. The molecule has 0 aromatic carbocycles. The molecule has 25 heavy (non-hydrogen) atoms. The van der Waals surface area contributed by atoms with Crippen LogP contribution in [0.2, 0.25) is 0 Å². The monoisotopic (exact) mass is 359 g/mol. The van der Waals surface area contributed by atoms with Crippen molar-refractivity contribution >= 4 is 17.2 Å².